The summed E-state index contributed by atoms with van der Waals surface area (Å²) >= 11 is 0. The molecule has 0 aliphatic heterocycles. The third-order valence-electron chi connectivity index (χ3n) is 2.37. The van der Waals surface area contributed by atoms with Gasteiger partial charge >= 0.3 is 5.97 Å². The Kier molecular flexibility index (Phi) is 4.39. The molecule has 0 aliphatic rings. The van der Waals surface area contributed by atoms with Crippen molar-refractivity contribution in [2.75, 3.05) is 0 Å². The Morgan fingerprint density at radius 2 is 1.78 bits per heavy atom. The van der Waals surface area contributed by atoms with Crippen LogP contribution in [0.4, 0.5) is 8.78 Å². The van der Waals surface area contributed by atoms with Crippen molar-refractivity contribution in [2.24, 2.45) is 0 Å². The molecule has 1 aromatic rings. The van der Waals surface area contributed by atoms with Gasteiger partial charge < -0.3 is 5.11 Å². The van der Waals surface area contributed by atoms with Crippen molar-refractivity contribution in [3.05, 3.63) is 35.4 Å². The van der Waals surface area contributed by atoms with E-state index in [-0.39, 0.29) is 5.56 Å². The average molecular weight is 278 g/mol. The standard InChI is InChI=1S/C11H12F2O4S/c1-7(2-11(14)15)18(16,17)6-8-3-9(12)5-10(13)4-8/h3-5,7H,2,6H2,1H3,(H,14,15). The SMILES string of the molecule is CC(CC(=O)O)S(=O)(=O)Cc1cc(F)cc(F)c1. The molecular weight excluding hydrogens is 266 g/mol. The number of carboxylic acids is 1. The molecule has 1 aromatic carbocycles. The largest absolute Gasteiger partial charge is 0.481 e. The topological polar surface area (TPSA) is 71.4 Å². The average Bonchev–Trinajstić information content (AvgIpc) is 2.13. The van der Waals surface area contributed by atoms with E-state index < -0.39 is 44.9 Å². The van der Waals surface area contributed by atoms with Crippen LogP contribution in [0.15, 0.2) is 18.2 Å². The number of halogens is 2. The maximum Gasteiger partial charge on any atom is 0.304 e. The number of aliphatic carboxylic acids is 1. The third kappa shape index (κ3) is 4.06. The predicted molar refractivity (Wildman–Crippen MR) is 60.7 cm³/mol. The number of rotatable bonds is 5. The van der Waals surface area contributed by atoms with Crippen LogP contribution in [0, 0.1) is 11.6 Å². The molecule has 4 nitrogen and oxygen atoms in total. The minimum Gasteiger partial charge on any atom is -0.481 e. The Morgan fingerprint density at radius 1 is 1.28 bits per heavy atom. The second-order valence-electron chi connectivity index (χ2n) is 3.99. The zero-order valence-electron chi connectivity index (χ0n) is 9.56. The highest BCUT2D eigenvalue weighted by atomic mass is 32.2. The Balaban J connectivity index is 2.91. The minimum atomic E-state index is -3.76. The first-order valence-electron chi connectivity index (χ1n) is 5.09. The van der Waals surface area contributed by atoms with Gasteiger partial charge in [-0.25, -0.2) is 17.2 Å². The van der Waals surface area contributed by atoms with E-state index in [0.29, 0.717) is 6.07 Å². The van der Waals surface area contributed by atoms with Crippen LogP contribution < -0.4 is 0 Å². The molecule has 0 aromatic heterocycles. The second-order valence-corrected chi connectivity index (χ2v) is 6.41. The van der Waals surface area contributed by atoms with E-state index in [9.17, 15) is 22.0 Å². The van der Waals surface area contributed by atoms with Crippen molar-refractivity contribution in [2.45, 2.75) is 24.3 Å². The van der Waals surface area contributed by atoms with Gasteiger partial charge in [0.25, 0.3) is 0 Å². The fraction of sp³-hybridized carbons (Fsp3) is 0.364. The number of hydrogen-bond acceptors (Lipinski definition) is 3. The monoisotopic (exact) mass is 278 g/mol. The molecule has 0 radical (unpaired) electrons. The number of carboxylic acid groups (broad SMARTS) is 1. The highest BCUT2D eigenvalue weighted by Crippen LogP contribution is 2.16. The summed E-state index contributed by atoms with van der Waals surface area (Å²) in [6.45, 7) is 1.25. The zero-order valence-corrected chi connectivity index (χ0v) is 10.4. The van der Waals surface area contributed by atoms with Gasteiger partial charge in [0.1, 0.15) is 11.6 Å². The van der Waals surface area contributed by atoms with Gasteiger partial charge in [0.2, 0.25) is 0 Å². The van der Waals surface area contributed by atoms with Crippen LogP contribution in [-0.2, 0) is 20.4 Å². The van der Waals surface area contributed by atoms with Crippen LogP contribution >= 0.6 is 0 Å². The minimum absolute atomic E-state index is 0.0373. The molecule has 0 bridgehead atoms. The molecule has 0 aliphatic carbocycles. The van der Waals surface area contributed by atoms with E-state index in [4.69, 9.17) is 5.11 Å². The van der Waals surface area contributed by atoms with E-state index >= 15 is 0 Å². The first-order valence-corrected chi connectivity index (χ1v) is 6.80. The molecule has 1 atom stereocenters. The molecule has 0 amide bonds. The van der Waals surface area contributed by atoms with Crippen molar-refractivity contribution in [1.29, 1.82) is 0 Å². The Bertz CT molecular complexity index is 534. The summed E-state index contributed by atoms with van der Waals surface area (Å²) in [4.78, 5) is 10.4. The lowest BCUT2D eigenvalue weighted by molar-refractivity contribution is -0.136. The van der Waals surface area contributed by atoms with Crippen LogP contribution in [0.1, 0.15) is 18.9 Å². The predicted octanol–water partition coefficient (Wildman–Crippen LogP) is 1.74. The van der Waals surface area contributed by atoms with E-state index in [1.807, 2.05) is 0 Å². The van der Waals surface area contributed by atoms with Crippen LogP contribution in [0.3, 0.4) is 0 Å². The molecule has 0 heterocycles. The molecule has 1 rings (SSSR count). The molecule has 1 unspecified atom stereocenters. The van der Waals surface area contributed by atoms with E-state index in [1.54, 1.807) is 0 Å². The first kappa shape index (κ1) is 14.6. The van der Waals surface area contributed by atoms with Gasteiger partial charge in [0, 0.05) is 6.07 Å². The molecular formula is C11H12F2O4S. The van der Waals surface area contributed by atoms with Crippen molar-refractivity contribution >= 4 is 15.8 Å². The molecule has 18 heavy (non-hydrogen) atoms. The van der Waals surface area contributed by atoms with Crippen molar-refractivity contribution in [3.8, 4) is 0 Å². The highest BCUT2D eigenvalue weighted by molar-refractivity contribution is 7.91. The second kappa shape index (κ2) is 5.43. The normalized spacial score (nSPS) is 13.3. The van der Waals surface area contributed by atoms with Gasteiger partial charge in [-0.3, -0.25) is 4.79 Å². The molecule has 100 valence electrons. The van der Waals surface area contributed by atoms with E-state index in [0.717, 1.165) is 12.1 Å². The van der Waals surface area contributed by atoms with Crippen molar-refractivity contribution in [3.63, 3.8) is 0 Å². The Labute approximate surface area is 103 Å². The lowest BCUT2D eigenvalue weighted by Gasteiger charge is -2.10. The molecule has 0 saturated carbocycles. The number of hydrogen-bond donors (Lipinski definition) is 1. The Hall–Kier alpha value is -1.50. The summed E-state index contributed by atoms with van der Waals surface area (Å²) in [6.07, 6.45) is -0.542. The molecule has 1 N–H and O–H groups in total. The summed E-state index contributed by atoms with van der Waals surface area (Å²) in [5, 5.41) is 7.41. The lowest BCUT2D eigenvalue weighted by atomic mass is 10.2. The molecule has 0 fully saturated rings. The van der Waals surface area contributed by atoms with Gasteiger partial charge in [-0.2, -0.15) is 0 Å². The summed E-state index contributed by atoms with van der Waals surface area (Å²) in [7, 11) is -3.76. The van der Waals surface area contributed by atoms with E-state index in [2.05, 4.69) is 0 Å². The van der Waals surface area contributed by atoms with Gasteiger partial charge in [-0.1, -0.05) is 0 Å². The quantitative estimate of drug-likeness (QED) is 0.890. The van der Waals surface area contributed by atoms with Gasteiger partial charge in [-0.05, 0) is 24.6 Å². The molecule has 0 saturated heterocycles. The van der Waals surface area contributed by atoms with Crippen molar-refractivity contribution < 1.29 is 27.1 Å². The van der Waals surface area contributed by atoms with Crippen LogP contribution in [-0.4, -0.2) is 24.7 Å². The smallest absolute Gasteiger partial charge is 0.304 e. The lowest BCUT2D eigenvalue weighted by Crippen LogP contribution is -2.22. The Morgan fingerprint density at radius 3 is 2.22 bits per heavy atom. The summed E-state index contributed by atoms with van der Waals surface area (Å²) in [6, 6.07) is 2.46. The van der Waals surface area contributed by atoms with Crippen LogP contribution in [0.2, 0.25) is 0 Å². The number of carbonyl (C=O) groups is 1. The summed E-state index contributed by atoms with van der Waals surface area (Å²) in [5.74, 6) is -3.57. The first-order chi connectivity index (χ1) is 8.20. The number of benzene rings is 1. The highest BCUT2D eigenvalue weighted by Gasteiger charge is 2.24. The third-order valence-corrected chi connectivity index (χ3v) is 4.49. The maximum absolute atomic E-state index is 12.9. The van der Waals surface area contributed by atoms with Gasteiger partial charge in [-0.15, -0.1) is 0 Å². The molecule has 0 spiro atoms. The fourth-order valence-corrected chi connectivity index (χ4v) is 2.75. The zero-order chi connectivity index (χ0) is 13.9. The number of sulfone groups is 1. The maximum atomic E-state index is 12.9. The van der Waals surface area contributed by atoms with Crippen LogP contribution in [0.25, 0.3) is 0 Å². The summed E-state index contributed by atoms with van der Waals surface area (Å²) < 4.78 is 49.3. The van der Waals surface area contributed by atoms with Crippen LogP contribution in [0.5, 0.6) is 0 Å². The van der Waals surface area contributed by atoms with Crippen molar-refractivity contribution in [1.82, 2.24) is 0 Å². The summed E-state index contributed by atoms with van der Waals surface area (Å²) in [5.41, 5.74) is -0.0373. The van der Waals surface area contributed by atoms with Gasteiger partial charge in [0.05, 0.1) is 17.4 Å². The fourth-order valence-electron chi connectivity index (χ4n) is 1.44. The molecule has 7 heteroatoms. The van der Waals surface area contributed by atoms with Gasteiger partial charge in [0.15, 0.2) is 9.84 Å². The van der Waals surface area contributed by atoms with E-state index in [1.165, 1.54) is 6.92 Å².